The Hall–Kier alpha value is -1.80. The second kappa shape index (κ2) is 6.77. The molecule has 0 bridgehead atoms. The lowest BCUT2D eigenvalue weighted by Gasteiger charge is -2.23. The van der Waals surface area contributed by atoms with Crippen LogP contribution in [0.3, 0.4) is 0 Å². The lowest BCUT2D eigenvalue weighted by Crippen LogP contribution is -2.45. The molecule has 1 saturated carbocycles. The Morgan fingerprint density at radius 3 is 1.48 bits per heavy atom. The molecule has 8 heteroatoms. The normalized spacial score (nSPS) is 19.4. The zero-order valence-electron chi connectivity index (χ0n) is 12.1. The molecule has 0 aromatic rings. The molecule has 1 aliphatic rings. The van der Waals surface area contributed by atoms with Gasteiger partial charge in [0, 0.05) is 0 Å². The van der Waals surface area contributed by atoms with Crippen LogP contribution in [0.25, 0.3) is 0 Å². The number of rotatable bonds is 4. The predicted octanol–water partition coefficient (Wildman–Crippen LogP) is -0.619. The lowest BCUT2D eigenvalue weighted by atomic mass is 9.86. The summed E-state index contributed by atoms with van der Waals surface area (Å²) in [6.45, 7) is 2.71. The van der Waals surface area contributed by atoms with E-state index in [4.69, 9.17) is 11.5 Å². The minimum Gasteiger partial charge on any atom is -0.391 e. The van der Waals surface area contributed by atoms with Gasteiger partial charge in [0.05, 0.1) is 0 Å². The summed E-state index contributed by atoms with van der Waals surface area (Å²) in [6.07, 6.45) is 1.48. The lowest BCUT2D eigenvalue weighted by molar-refractivity contribution is -0.179. The van der Waals surface area contributed by atoms with Crippen LogP contribution < -0.4 is 11.5 Å². The van der Waals surface area contributed by atoms with Crippen molar-refractivity contribution >= 4 is 23.9 Å². The van der Waals surface area contributed by atoms with Crippen molar-refractivity contribution < 1.29 is 28.7 Å². The largest absolute Gasteiger partial charge is 0.391 e. The summed E-state index contributed by atoms with van der Waals surface area (Å²) in [4.78, 5) is 47.1. The maximum Gasteiger partial charge on any atom is 0.331 e. The van der Waals surface area contributed by atoms with Gasteiger partial charge in [-0.2, -0.15) is 0 Å². The summed E-state index contributed by atoms with van der Waals surface area (Å²) >= 11 is 0. The Morgan fingerprint density at radius 1 is 0.857 bits per heavy atom. The predicted molar refractivity (Wildman–Crippen MR) is 70.4 cm³/mol. The minimum absolute atomic E-state index is 0.156. The summed E-state index contributed by atoms with van der Waals surface area (Å²) in [5.41, 5.74) is 8.99. The number of hydrogen-bond donors (Lipinski definition) is 2. The average Bonchev–Trinajstić information content (AvgIpc) is 2.88. The molecule has 0 amide bonds. The summed E-state index contributed by atoms with van der Waals surface area (Å²) in [7, 11) is 0. The Kier molecular flexibility index (Phi) is 5.56. The first-order valence-corrected chi connectivity index (χ1v) is 6.74. The topological polar surface area (TPSA) is 139 Å². The summed E-state index contributed by atoms with van der Waals surface area (Å²) in [5, 5.41) is 0. The monoisotopic (exact) mass is 300 g/mol. The number of nitrogens with two attached hydrogens (primary N) is 2. The van der Waals surface area contributed by atoms with Crippen molar-refractivity contribution in [3.8, 4) is 0 Å². The smallest absolute Gasteiger partial charge is 0.331 e. The zero-order chi connectivity index (χ0) is 16.2. The summed E-state index contributed by atoms with van der Waals surface area (Å²) in [6, 6.07) is -1.98. The standard InChI is InChI=1S/C13H20N2O6/c1-7(14)9(16)20-11(18)13(5-3-4-6-13)12(19)21-10(17)8(2)15/h7-8H,3-6,14-15H2,1-2H3/t7-,8-/m0/s1. The van der Waals surface area contributed by atoms with Crippen LogP contribution in [0.4, 0.5) is 0 Å². The fourth-order valence-corrected chi connectivity index (χ4v) is 2.03. The molecule has 0 aliphatic heterocycles. The van der Waals surface area contributed by atoms with Crippen LogP contribution >= 0.6 is 0 Å². The van der Waals surface area contributed by atoms with E-state index in [1.165, 1.54) is 13.8 Å². The van der Waals surface area contributed by atoms with Gasteiger partial charge in [-0.15, -0.1) is 0 Å². The Morgan fingerprint density at radius 2 is 1.19 bits per heavy atom. The van der Waals surface area contributed by atoms with Crippen molar-refractivity contribution in [1.82, 2.24) is 0 Å². The molecular weight excluding hydrogens is 280 g/mol. The van der Waals surface area contributed by atoms with Crippen molar-refractivity contribution in [1.29, 1.82) is 0 Å². The van der Waals surface area contributed by atoms with E-state index < -0.39 is 41.4 Å². The minimum atomic E-state index is -1.63. The molecule has 21 heavy (non-hydrogen) atoms. The molecular formula is C13H20N2O6. The Labute approximate surface area is 122 Å². The van der Waals surface area contributed by atoms with Crippen LogP contribution in [-0.2, 0) is 28.7 Å². The van der Waals surface area contributed by atoms with Crippen LogP contribution in [-0.4, -0.2) is 36.0 Å². The van der Waals surface area contributed by atoms with Gasteiger partial charge >= 0.3 is 23.9 Å². The second-order valence-corrected chi connectivity index (χ2v) is 5.28. The molecule has 0 radical (unpaired) electrons. The summed E-state index contributed by atoms with van der Waals surface area (Å²) in [5.74, 6) is -3.91. The zero-order valence-corrected chi connectivity index (χ0v) is 12.1. The third kappa shape index (κ3) is 3.85. The quantitative estimate of drug-likeness (QED) is 0.517. The molecule has 0 heterocycles. The van der Waals surface area contributed by atoms with Crippen molar-refractivity contribution in [3.05, 3.63) is 0 Å². The maximum absolute atomic E-state index is 12.1. The van der Waals surface area contributed by atoms with E-state index in [2.05, 4.69) is 9.47 Å². The molecule has 0 spiro atoms. The van der Waals surface area contributed by atoms with Gasteiger partial charge in [0.1, 0.15) is 12.1 Å². The summed E-state index contributed by atoms with van der Waals surface area (Å²) < 4.78 is 9.23. The molecule has 2 atom stereocenters. The van der Waals surface area contributed by atoms with E-state index in [0.29, 0.717) is 12.8 Å². The molecule has 1 fully saturated rings. The van der Waals surface area contributed by atoms with Crippen molar-refractivity contribution in [3.63, 3.8) is 0 Å². The third-order valence-electron chi connectivity index (χ3n) is 3.37. The number of hydrogen-bond acceptors (Lipinski definition) is 8. The first-order valence-electron chi connectivity index (χ1n) is 6.74. The molecule has 1 rings (SSSR count). The van der Waals surface area contributed by atoms with Gasteiger partial charge in [0.2, 0.25) is 0 Å². The van der Waals surface area contributed by atoms with Gasteiger partial charge in [-0.25, -0.2) is 9.59 Å². The van der Waals surface area contributed by atoms with Gasteiger partial charge < -0.3 is 20.9 Å². The number of ether oxygens (including phenoxy) is 2. The van der Waals surface area contributed by atoms with E-state index in [-0.39, 0.29) is 12.8 Å². The Bertz CT molecular complexity index is 416. The van der Waals surface area contributed by atoms with Crippen molar-refractivity contribution in [2.75, 3.05) is 0 Å². The van der Waals surface area contributed by atoms with Crippen LogP contribution in [0.2, 0.25) is 0 Å². The average molecular weight is 300 g/mol. The van der Waals surface area contributed by atoms with Crippen LogP contribution in [0.5, 0.6) is 0 Å². The third-order valence-corrected chi connectivity index (χ3v) is 3.37. The number of esters is 4. The Balaban J connectivity index is 2.88. The van der Waals surface area contributed by atoms with Crippen LogP contribution in [0.1, 0.15) is 39.5 Å². The highest BCUT2D eigenvalue weighted by molar-refractivity contribution is 6.07. The highest BCUT2D eigenvalue weighted by Crippen LogP contribution is 2.40. The fraction of sp³-hybridized carbons (Fsp3) is 0.692. The molecule has 0 aromatic carbocycles. The number of carbonyl (C=O) groups excluding carboxylic acids is 4. The molecule has 0 aromatic heterocycles. The molecule has 118 valence electrons. The maximum atomic E-state index is 12.1. The van der Waals surface area contributed by atoms with E-state index in [1.807, 2.05) is 0 Å². The van der Waals surface area contributed by atoms with Crippen molar-refractivity contribution in [2.45, 2.75) is 51.6 Å². The van der Waals surface area contributed by atoms with Crippen LogP contribution in [0.15, 0.2) is 0 Å². The molecule has 8 nitrogen and oxygen atoms in total. The van der Waals surface area contributed by atoms with E-state index >= 15 is 0 Å². The first kappa shape index (κ1) is 17.3. The van der Waals surface area contributed by atoms with Gasteiger partial charge in [-0.1, -0.05) is 12.8 Å². The highest BCUT2D eigenvalue weighted by Gasteiger charge is 2.52. The van der Waals surface area contributed by atoms with E-state index in [0.717, 1.165) is 0 Å². The van der Waals surface area contributed by atoms with Gasteiger partial charge in [-0.05, 0) is 26.7 Å². The fourth-order valence-electron chi connectivity index (χ4n) is 2.03. The number of carbonyl (C=O) groups is 4. The van der Waals surface area contributed by atoms with Crippen molar-refractivity contribution in [2.24, 2.45) is 16.9 Å². The molecule has 4 N–H and O–H groups in total. The molecule has 0 unspecified atom stereocenters. The van der Waals surface area contributed by atoms with Crippen LogP contribution in [0, 0.1) is 5.41 Å². The van der Waals surface area contributed by atoms with Gasteiger partial charge in [0.15, 0.2) is 5.41 Å². The second-order valence-electron chi connectivity index (χ2n) is 5.28. The highest BCUT2D eigenvalue weighted by atomic mass is 16.6. The van der Waals surface area contributed by atoms with Gasteiger partial charge in [-0.3, -0.25) is 9.59 Å². The molecule has 1 aliphatic carbocycles. The SMILES string of the molecule is C[C@H](N)C(=O)OC(=O)C1(C(=O)OC(=O)[C@H](C)N)CCCC1. The molecule has 0 saturated heterocycles. The first-order chi connectivity index (χ1) is 9.70. The van der Waals surface area contributed by atoms with E-state index in [9.17, 15) is 19.2 Å². The van der Waals surface area contributed by atoms with E-state index in [1.54, 1.807) is 0 Å². The van der Waals surface area contributed by atoms with Gasteiger partial charge in [0.25, 0.3) is 0 Å².